The Morgan fingerprint density at radius 1 is 1.67 bits per heavy atom. The highest BCUT2D eigenvalue weighted by atomic mass is 32.3. The van der Waals surface area contributed by atoms with Gasteiger partial charge in [-0.15, -0.1) is 0 Å². The van der Waals surface area contributed by atoms with Crippen LogP contribution in [0.1, 0.15) is 0 Å². The minimum absolute atomic E-state index is 0. The molecule has 0 atom stereocenters. The van der Waals surface area contributed by atoms with Crippen LogP contribution in [0.25, 0.3) is 0 Å². The largest absolute Gasteiger partial charge is 0.412 e. The molecular formula is CH6AlN2OS. The van der Waals surface area contributed by atoms with Crippen LogP contribution in [0.3, 0.4) is 0 Å². The Hall–Kier alpha value is 0.292. The maximum atomic E-state index is 7.59. The fourth-order valence-corrected chi connectivity index (χ4v) is 0. The molecule has 5 heteroatoms. The van der Waals surface area contributed by atoms with Gasteiger partial charge >= 0.3 is 0 Å². The molecule has 0 aromatic heterocycles. The lowest BCUT2D eigenvalue weighted by Gasteiger charge is -1.48. The Kier molecular flexibility index (Phi) is 50.3. The van der Waals surface area contributed by atoms with Crippen molar-refractivity contribution in [3.8, 4) is 5.40 Å². The summed E-state index contributed by atoms with van der Waals surface area (Å²) in [5.74, 6) is 0. The van der Waals surface area contributed by atoms with Crippen molar-refractivity contribution in [2.45, 2.75) is 0 Å². The van der Waals surface area contributed by atoms with E-state index in [-0.39, 0.29) is 11.6 Å². The molecular weight excluding hydrogens is 115 g/mol. The molecule has 0 rings (SSSR count). The van der Waals surface area contributed by atoms with Crippen molar-refractivity contribution in [2.24, 2.45) is 0 Å². The third-order valence-corrected chi connectivity index (χ3v) is 0.581. The summed E-state index contributed by atoms with van der Waals surface area (Å²) in [6.45, 7) is 0. The van der Waals surface area contributed by atoms with Crippen molar-refractivity contribution in [2.75, 3.05) is 0 Å². The van der Waals surface area contributed by atoms with Crippen LogP contribution >= 0.6 is 10.1 Å². The second-order valence-electron chi connectivity index (χ2n) is 0.236. The van der Waals surface area contributed by atoms with Gasteiger partial charge in [0.2, 0.25) is 0 Å². The van der Waals surface area contributed by atoms with Gasteiger partial charge in [-0.3, -0.25) is 0 Å². The van der Waals surface area contributed by atoms with Crippen LogP contribution < -0.4 is 6.15 Å². The molecule has 0 aromatic rings. The summed E-state index contributed by atoms with van der Waals surface area (Å²) in [5, 5.41) is 9.45. The van der Waals surface area contributed by atoms with Crippen molar-refractivity contribution in [3.63, 3.8) is 0 Å². The number of hydrogen-bond acceptors (Lipinski definition) is 3. The predicted octanol–water partition coefficient (Wildman–Crippen LogP) is -0.646. The summed E-state index contributed by atoms with van der Waals surface area (Å²) >= 11 is 1.58. The summed E-state index contributed by atoms with van der Waals surface area (Å²) in [6.07, 6.45) is 0. The Balaban J connectivity index is -0.0000000450. The van der Waals surface area contributed by atoms with Gasteiger partial charge in [-0.25, -0.2) is 0 Å². The van der Waals surface area contributed by atoms with Crippen molar-refractivity contribution >= 4 is 25.3 Å². The Labute approximate surface area is 48.1 Å². The van der Waals surface area contributed by atoms with E-state index in [2.05, 4.69) is 0 Å². The number of nitrogens with zero attached hydrogens (tertiary/aromatic N) is 1. The van der Waals surface area contributed by atoms with E-state index in [1.165, 1.54) is 10.1 Å². The molecule has 0 saturated heterocycles. The molecule has 5 N–H and O–H groups in total. The first-order valence-corrected chi connectivity index (χ1v) is 3.43. The molecule has 0 unspecified atom stereocenters. The minimum atomic E-state index is 0. The maximum absolute atomic E-state index is 7.59. The third-order valence-electron chi connectivity index (χ3n) is 0.0645. The lowest BCUT2D eigenvalue weighted by Crippen LogP contribution is -1.33. The zero-order chi connectivity index (χ0) is 3.41. The molecule has 0 spiro atoms. The molecule has 0 aliphatic carbocycles. The van der Waals surface area contributed by atoms with E-state index in [0.29, 0.717) is 0 Å². The SMILES string of the molecule is N.N#C[S][AlH].O. The standard InChI is InChI=1S/CHNS.Al.H3N.H2O.H/c2-1-3;;;;/h3H;;1H3;1H2;/q;+1;;;/p-1. The van der Waals surface area contributed by atoms with Gasteiger partial charge in [-0.1, -0.05) is 0 Å². The van der Waals surface area contributed by atoms with Crippen molar-refractivity contribution in [1.29, 1.82) is 5.26 Å². The first-order valence-electron chi connectivity index (χ1n) is 0.716. The molecule has 1 radical (unpaired) electrons. The van der Waals surface area contributed by atoms with E-state index >= 15 is 0 Å². The molecule has 0 aliphatic rings. The highest BCUT2D eigenvalue weighted by Gasteiger charge is 1.50. The summed E-state index contributed by atoms with van der Waals surface area (Å²) in [7, 11) is 1.19. The monoisotopic (exact) mass is 121 g/mol. The van der Waals surface area contributed by atoms with Crippen LogP contribution in [0.15, 0.2) is 0 Å². The zero-order valence-electron chi connectivity index (χ0n) is 3.27. The van der Waals surface area contributed by atoms with Gasteiger partial charge in [-0.05, 0) is 0 Å². The molecule has 6 heavy (non-hydrogen) atoms. The Bertz CT molecular complexity index is 43.3. The van der Waals surface area contributed by atoms with Gasteiger partial charge in [0, 0.05) is 0 Å². The lowest BCUT2D eigenvalue weighted by molar-refractivity contribution is 0.824. The average molecular weight is 121 g/mol. The minimum Gasteiger partial charge on any atom is -0.412 e. The summed E-state index contributed by atoms with van der Waals surface area (Å²) < 4.78 is 0. The maximum Gasteiger partial charge on any atom is 0.299 e. The molecule has 0 aromatic carbocycles. The first-order chi connectivity index (χ1) is 1.91. The van der Waals surface area contributed by atoms with Crippen LogP contribution in [0, 0.1) is 10.7 Å². The van der Waals surface area contributed by atoms with Crippen LogP contribution in [-0.4, -0.2) is 20.6 Å². The number of nitriles is 1. The van der Waals surface area contributed by atoms with E-state index in [1.54, 1.807) is 15.2 Å². The smallest absolute Gasteiger partial charge is 0.299 e. The normalized spacial score (nSPS) is 3.17. The quantitative estimate of drug-likeness (QED) is 0.341. The van der Waals surface area contributed by atoms with Gasteiger partial charge in [0.25, 0.3) is 15.2 Å². The van der Waals surface area contributed by atoms with E-state index in [4.69, 9.17) is 5.26 Å². The van der Waals surface area contributed by atoms with Gasteiger partial charge < -0.3 is 11.6 Å². The van der Waals surface area contributed by atoms with Crippen molar-refractivity contribution in [1.82, 2.24) is 6.15 Å². The second kappa shape index (κ2) is 18.6. The zero-order valence-corrected chi connectivity index (χ0v) is 5.50. The fraction of sp³-hybridized carbons (Fsp3) is 0. The van der Waals surface area contributed by atoms with Crippen LogP contribution in [0.4, 0.5) is 0 Å². The van der Waals surface area contributed by atoms with E-state index in [1.807, 2.05) is 5.40 Å². The van der Waals surface area contributed by atoms with Gasteiger partial charge in [0.1, 0.15) is 5.40 Å². The molecule has 35 valence electrons. The summed E-state index contributed by atoms with van der Waals surface area (Å²) in [5.41, 5.74) is 0. The first kappa shape index (κ1) is 16.3. The van der Waals surface area contributed by atoms with Crippen molar-refractivity contribution in [3.05, 3.63) is 0 Å². The van der Waals surface area contributed by atoms with E-state index < -0.39 is 0 Å². The molecule has 0 fully saturated rings. The third kappa shape index (κ3) is 27.9. The van der Waals surface area contributed by atoms with Crippen molar-refractivity contribution < 1.29 is 5.48 Å². The fourth-order valence-electron chi connectivity index (χ4n) is 0. The molecule has 0 saturated carbocycles. The number of hydrogen-bond donors (Lipinski definition) is 1. The van der Waals surface area contributed by atoms with Crippen LogP contribution in [0.2, 0.25) is 0 Å². The Morgan fingerprint density at radius 2 is 1.83 bits per heavy atom. The van der Waals surface area contributed by atoms with Gasteiger partial charge in [-0.2, -0.15) is 15.4 Å². The van der Waals surface area contributed by atoms with Crippen LogP contribution in [0.5, 0.6) is 0 Å². The number of thiocyanates is 1. The lowest BCUT2D eigenvalue weighted by atomic mass is 11.8. The second-order valence-corrected chi connectivity index (χ2v) is 1.57. The molecule has 0 amide bonds. The number of rotatable bonds is 0. The van der Waals surface area contributed by atoms with E-state index in [9.17, 15) is 0 Å². The topological polar surface area (TPSA) is 90.3 Å². The van der Waals surface area contributed by atoms with Gasteiger partial charge in [0.05, 0.1) is 0 Å². The summed E-state index contributed by atoms with van der Waals surface area (Å²) in [6, 6.07) is 0. The molecule has 0 heterocycles. The molecule has 3 nitrogen and oxygen atoms in total. The Morgan fingerprint density at radius 3 is 1.83 bits per heavy atom. The highest BCUT2D eigenvalue weighted by Crippen LogP contribution is 1.76. The van der Waals surface area contributed by atoms with Crippen LogP contribution in [-0.2, 0) is 0 Å². The highest BCUT2D eigenvalue weighted by molar-refractivity contribution is 8.23. The van der Waals surface area contributed by atoms with E-state index in [0.717, 1.165) is 0 Å². The van der Waals surface area contributed by atoms with Gasteiger partial charge in [0.15, 0.2) is 0 Å². The predicted molar refractivity (Wildman–Crippen MR) is 29.0 cm³/mol. The molecule has 0 aliphatic heterocycles. The average Bonchev–Trinajstić information content (AvgIpc) is 1.37. The molecule has 0 bridgehead atoms. The summed E-state index contributed by atoms with van der Waals surface area (Å²) in [4.78, 5) is 0.